The van der Waals surface area contributed by atoms with E-state index in [0.717, 1.165) is 5.56 Å². The van der Waals surface area contributed by atoms with Crippen molar-refractivity contribution >= 4 is 0 Å². The molecule has 1 aliphatic carbocycles. The summed E-state index contributed by atoms with van der Waals surface area (Å²) in [5.74, 6) is 0.368. The Morgan fingerprint density at radius 2 is 0.900 bits per heavy atom. The Kier molecular flexibility index (Phi) is 3.26. The lowest BCUT2D eigenvalue weighted by atomic mass is 10.0. The number of hydrogen-bond acceptors (Lipinski definition) is 1. The second kappa shape index (κ2) is 5.22. The number of phenols is 1. The zero-order valence-corrected chi connectivity index (χ0v) is 11.4. The Labute approximate surface area is 117 Å². The highest BCUT2D eigenvalue weighted by atomic mass is 16.3. The summed E-state index contributed by atoms with van der Waals surface area (Å²) in [6.45, 7) is 1.87. The molecule has 0 amide bonds. The number of phenolic OH excluding ortho intramolecular Hbond substituents is 1. The van der Waals surface area contributed by atoms with Gasteiger partial charge in [-0.2, -0.15) is 0 Å². The largest absolute Gasteiger partial charge is 0.508 e. The minimum Gasteiger partial charge on any atom is -0.508 e. The fourth-order valence-electron chi connectivity index (χ4n) is 2.41. The first-order valence-electron chi connectivity index (χ1n) is 6.71. The van der Waals surface area contributed by atoms with Gasteiger partial charge in [0.1, 0.15) is 5.75 Å². The number of aromatic hydroxyl groups is 1. The van der Waals surface area contributed by atoms with E-state index in [4.69, 9.17) is 5.11 Å². The van der Waals surface area contributed by atoms with E-state index in [0.29, 0.717) is 5.75 Å². The summed E-state index contributed by atoms with van der Waals surface area (Å²) in [6.07, 6.45) is 0. The van der Waals surface area contributed by atoms with Crippen molar-refractivity contribution < 1.29 is 5.11 Å². The zero-order valence-electron chi connectivity index (χ0n) is 11.4. The average Bonchev–Trinajstić information content (AvgIpc) is 2.48. The summed E-state index contributed by atoms with van der Waals surface area (Å²) in [7, 11) is 0. The molecule has 0 aromatic heterocycles. The molecule has 1 N–H and O–H groups in total. The normalized spacial score (nSPS) is 10.4. The van der Waals surface area contributed by atoms with Gasteiger partial charge in [0, 0.05) is 0 Å². The van der Waals surface area contributed by atoms with Crippen LogP contribution in [0.3, 0.4) is 0 Å². The van der Waals surface area contributed by atoms with Crippen molar-refractivity contribution in [1.29, 1.82) is 0 Å². The maximum absolute atomic E-state index is 8.92. The van der Waals surface area contributed by atoms with E-state index in [-0.39, 0.29) is 0 Å². The highest BCUT2D eigenvalue weighted by Crippen LogP contribution is 2.12. The third kappa shape index (κ3) is 2.19. The van der Waals surface area contributed by atoms with Crippen molar-refractivity contribution in [2.24, 2.45) is 0 Å². The molecule has 0 radical (unpaired) electrons. The standard InChI is InChI=1S/C12H8.C7H8O/c1-2-6-10-9(5-1)11-7-3-4-8-12(10)11;1-6-4-2-3-5-7(6)8/h1-8H;2-5,8H,1H3. The first kappa shape index (κ1) is 12.5. The molecule has 1 heteroatoms. The summed E-state index contributed by atoms with van der Waals surface area (Å²) < 4.78 is 0. The molecule has 0 unspecified atom stereocenters. The minimum atomic E-state index is 0.368. The van der Waals surface area contributed by atoms with Crippen LogP contribution in [0.4, 0.5) is 0 Å². The maximum Gasteiger partial charge on any atom is 0.118 e. The SMILES string of the molecule is Cc1ccccc1O.c1ccc2c(c1)=c1ccccc1=2. The third-order valence-electron chi connectivity index (χ3n) is 3.55. The molecule has 0 atom stereocenters. The summed E-state index contributed by atoms with van der Waals surface area (Å²) in [5.41, 5.74) is 0.924. The fourth-order valence-corrected chi connectivity index (χ4v) is 2.41. The molecule has 0 fully saturated rings. The van der Waals surface area contributed by atoms with Gasteiger partial charge in [-0.3, -0.25) is 0 Å². The lowest BCUT2D eigenvalue weighted by Gasteiger charge is -2.02. The highest BCUT2D eigenvalue weighted by Gasteiger charge is 1.97. The first-order valence-corrected chi connectivity index (χ1v) is 6.71. The van der Waals surface area contributed by atoms with Gasteiger partial charge in [-0.25, -0.2) is 0 Å². The number of aryl methyl sites for hydroxylation is 1. The Bertz CT molecular complexity index is 771. The van der Waals surface area contributed by atoms with Crippen LogP contribution in [0.15, 0.2) is 72.8 Å². The van der Waals surface area contributed by atoms with Gasteiger partial charge >= 0.3 is 0 Å². The van der Waals surface area contributed by atoms with E-state index in [1.807, 2.05) is 25.1 Å². The van der Waals surface area contributed by atoms with Gasteiger partial charge in [-0.05, 0) is 39.4 Å². The molecule has 0 heterocycles. The topological polar surface area (TPSA) is 20.2 Å². The number of para-hydroxylation sites is 1. The average molecular weight is 260 g/mol. The quantitative estimate of drug-likeness (QED) is 0.500. The van der Waals surface area contributed by atoms with Gasteiger partial charge < -0.3 is 5.11 Å². The number of fused-ring (bicyclic) bond motifs is 2. The molecule has 20 heavy (non-hydrogen) atoms. The Morgan fingerprint density at radius 3 is 1.20 bits per heavy atom. The van der Waals surface area contributed by atoms with Gasteiger partial charge in [-0.1, -0.05) is 66.7 Å². The summed E-state index contributed by atoms with van der Waals surface area (Å²) in [6, 6.07) is 24.3. The van der Waals surface area contributed by atoms with E-state index in [9.17, 15) is 0 Å². The zero-order chi connectivity index (χ0) is 13.9. The number of hydrogen-bond donors (Lipinski definition) is 1. The lowest BCUT2D eigenvalue weighted by molar-refractivity contribution is 0.471. The smallest absolute Gasteiger partial charge is 0.118 e. The molecule has 3 aromatic rings. The van der Waals surface area contributed by atoms with Crippen LogP contribution in [0.1, 0.15) is 5.56 Å². The maximum atomic E-state index is 8.92. The van der Waals surface area contributed by atoms with Gasteiger partial charge in [-0.15, -0.1) is 0 Å². The predicted octanol–water partition coefficient (Wildman–Crippen LogP) is 4.27. The number of benzene rings is 3. The van der Waals surface area contributed by atoms with E-state index < -0.39 is 0 Å². The van der Waals surface area contributed by atoms with Crippen molar-refractivity contribution in [3.05, 3.63) is 99.2 Å². The van der Waals surface area contributed by atoms with Crippen LogP contribution >= 0.6 is 0 Å². The Balaban J connectivity index is 0.000000133. The first-order chi connectivity index (χ1) is 9.77. The monoisotopic (exact) mass is 260 g/mol. The summed E-state index contributed by atoms with van der Waals surface area (Å²) in [5, 5.41) is 14.5. The molecular formula is C19H16O. The third-order valence-corrected chi connectivity index (χ3v) is 3.55. The van der Waals surface area contributed by atoms with Crippen LogP contribution in [-0.2, 0) is 0 Å². The van der Waals surface area contributed by atoms with E-state index in [1.165, 1.54) is 20.9 Å². The fraction of sp³-hybridized carbons (Fsp3) is 0.0526. The molecule has 0 saturated carbocycles. The van der Waals surface area contributed by atoms with E-state index in [1.54, 1.807) is 6.07 Å². The van der Waals surface area contributed by atoms with Crippen LogP contribution in [0.25, 0.3) is 0 Å². The Hall–Kier alpha value is -2.54. The van der Waals surface area contributed by atoms with Gasteiger partial charge in [0.2, 0.25) is 0 Å². The molecule has 0 spiro atoms. The van der Waals surface area contributed by atoms with Crippen molar-refractivity contribution in [2.45, 2.75) is 6.92 Å². The van der Waals surface area contributed by atoms with Crippen molar-refractivity contribution in [1.82, 2.24) is 0 Å². The Morgan fingerprint density at radius 1 is 0.550 bits per heavy atom. The molecular weight excluding hydrogens is 244 g/mol. The second-order valence-electron chi connectivity index (χ2n) is 4.88. The van der Waals surface area contributed by atoms with E-state index in [2.05, 4.69) is 48.5 Å². The lowest BCUT2D eigenvalue weighted by Crippen LogP contribution is -1.88. The molecule has 4 rings (SSSR count). The minimum absolute atomic E-state index is 0.368. The predicted molar refractivity (Wildman–Crippen MR) is 81.1 cm³/mol. The van der Waals surface area contributed by atoms with Crippen LogP contribution in [-0.4, -0.2) is 5.11 Å². The molecule has 3 aromatic carbocycles. The molecule has 1 aliphatic rings. The highest BCUT2D eigenvalue weighted by molar-refractivity contribution is 5.30. The summed E-state index contributed by atoms with van der Waals surface area (Å²) >= 11 is 0. The van der Waals surface area contributed by atoms with Crippen LogP contribution in [0, 0.1) is 27.8 Å². The molecule has 0 bridgehead atoms. The molecule has 98 valence electrons. The van der Waals surface area contributed by atoms with Gasteiger partial charge in [0.05, 0.1) is 0 Å². The summed E-state index contributed by atoms with van der Waals surface area (Å²) in [4.78, 5) is 0. The molecule has 0 saturated heterocycles. The van der Waals surface area contributed by atoms with Crippen LogP contribution in [0.2, 0.25) is 0 Å². The molecule has 1 nitrogen and oxygen atoms in total. The second-order valence-corrected chi connectivity index (χ2v) is 4.88. The van der Waals surface area contributed by atoms with Crippen LogP contribution < -0.4 is 0 Å². The van der Waals surface area contributed by atoms with Crippen molar-refractivity contribution in [3.8, 4) is 5.75 Å². The van der Waals surface area contributed by atoms with E-state index >= 15 is 0 Å². The number of rotatable bonds is 0. The van der Waals surface area contributed by atoms with Crippen molar-refractivity contribution in [2.75, 3.05) is 0 Å². The van der Waals surface area contributed by atoms with Crippen molar-refractivity contribution in [3.63, 3.8) is 0 Å². The molecule has 0 aliphatic heterocycles. The van der Waals surface area contributed by atoms with Gasteiger partial charge in [0.15, 0.2) is 0 Å². The van der Waals surface area contributed by atoms with Crippen LogP contribution in [0.5, 0.6) is 5.75 Å². The van der Waals surface area contributed by atoms with Gasteiger partial charge in [0.25, 0.3) is 0 Å².